The highest BCUT2D eigenvalue weighted by atomic mass is 35.5. The predicted octanol–water partition coefficient (Wildman–Crippen LogP) is 2.60. The minimum Gasteiger partial charge on any atom is -0.465 e. The van der Waals surface area contributed by atoms with Crippen LogP contribution in [0.5, 0.6) is 0 Å². The zero-order chi connectivity index (χ0) is 13.7. The molecule has 2 atom stereocenters. The first-order chi connectivity index (χ1) is 9.22. The summed E-state index contributed by atoms with van der Waals surface area (Å²) in [6, 6.07) is 5.75. The lowest BCUT2D eigenvalue weighted by molar-refractivity contribution is -0.146. The SMILES string of the molecule is [N-]=[N+]=N[C@@H]1C(=O)OCCCN[C@@H]1c1ccc(Cl)cc1. The highest BCUT2D eigenvalue weighted by molar-refractivity contribution is 6.30. The summed E-state index contributed by atoms with van der Waals surface area (Å²) in [5.41, 5.74) is 9.44. The van der Waals surface area contributed by atoms with Crippen LogP contribution in [0.2, 0.25) is 5.02 Å². The second kappa shape index (κ2) is 6.43. The second-order valence-electron chi connectivity index (χ2n) is 4.15. The molecule has 0 radical (unpaired) electrons. The predicted molar refractivity (Wildman–Crippen MR) is 70.7 cm³/mol. The standard InChI is InChI=1S/C12H13ClN4O2/c13-9-4-2-8(3-5-9)10-11(16-17-14)12(18)19-7-1-6-15-10/h2-5,10-11,15H,1,6-7H2/t10-,11+/m1/s1. The summed E-state index contributed by atoms with van der Waals surface area (Å²) in [6.45, 7) is 1.01. The van der Waals surface area contributed by atoms with Crippen LogP contribution < -0.4 is 5.32 Å². The minimum atomic E-state index is -0.911. The van der Waals surface area contributed by atoms with Crippen LogP contribution in [0, 0.1) is 0 Å². The fourth-order valence-corrected chi connectivity index (χ4v) is 2.10. The van der Waals surface area contributed by atoms with E-state index in [0.29, 0.717) is 18.2 Å². The van der Waals surface area contributed by atoms with Crippen molar-refractivity contribution in [1.29, 1.82) is 0 Å². The molecular weight excluding hydrogens is 268 g/mol. The number of nitrogens with one attached hydrogen (secondary N) is 1. The molecule has 0 aliphatic carbocycles. The summed E-state index contributed by atoms with van der Waals surface area (Å²) in [5, 5.41) is 7.38. The first-order valence-corrected chi connectivity index (χ1v) is 6.30. The third kappa shape index (κ3) is 3.38. The monoisotopic (exact) mass is 280 g/mol. The molecule has 1 aliphatic heterocycles. The zero-order valence-electron chi connectivity index (χ0n) is 10.1. The summed E-state index contributed by atoms with van der Waals surface area (Å²) in [4.78, 5) is 14.6. The van der Waals surface area contributed by atoms with E-state index in [0.717, 1.165) is 12.0 Å². The average Bonchev–Trinajstić information content (AvgIpc) is 2.40. The molecule has 0 unspecified atom stereocenters. The van der Waals surface area contributed by atoms with Gasteiger partial charge in [-0.2, -0.15) is 0 Å². The lowest BCUT2D eigenvalue weighted by Gasteiger charge is -2.26. The Morgan fingerprint density at radius 2 is 2.16 bits per heavy atom. The van der Waals surface area contributed by atoms with E-state index >= 15 is 0 Å². The van der Waals surface area contributed by atoms with E-state index in [1.165, 1.54) is 0 Å². The van der Waals surface area contributed by atoms with E-state index in [2.05, 4.69) is 15.3 Å². The van der Waals surface area contributed by atoms with Crippen molar-refractivity contribution in [2.45, 2.75) is 18.5 Å². The van der Waals surface area contributed by atoms with Gasteiger partial charge in [-0.25, -0.2) is 0 Å². The first kappa shape index (κ1) is 13.7. The summed E-state index contributed by atoms with van der Waals surface area (Å²) >= 11 is 5.84. The van der Waals surface area contributed by atoms with Gasteiger partial charge in [-0.15, -0.1) is 0 Å². The molecule has 1 N–H and O–H groups in total. The van der Waals surface area contributed by atoms with Crippen molar-refractivity contribution in [3.05, 3.63) is 45.3 Å². The van der Waals surface area contributed by atoms with Gasteiger partial charge in [0, 0.05) is 9.93 Å². The van der Waals surface area contributed by atoms with Crippen LogP contribution in [0.4, 0.5) is 0 Å². The number of carbonyl (C=O) groups is 1. The molecule has 1 fully saturated rings. The number of carbonyl (C=O) groups excluding carboxylic acids is 1. The van der Waals surface area contributed by atoms with Crippen LogP contribution in [-0.2, 0) is 9.53 Å². The Bertz CT molecular complexity index is 499. The fourth-order valence-electron chi connectivity index (χ4n) is 1.98. The zero-order valence-corrected chi connectivity index (χ0v) is 10.9. The second-order valence-corrected chi connectivity index (χ2v) is 4.59. The van der Waals surface area contributed by atoms with Crippen LogP contribution in [-0.4, -0.2) is 25.2 Å². The van der Waals surface area contributed by atoms with Crippen LogP contribution in [0.3, 0.4) is 0 Å². The maximum atomic E-state index is 11.9. The normalized spacial score (nSPS) is 23.7. The number of rotatable bonds is 2. The molecule has 1 aromatic rings. The number of hydrogen-bond donors (Lipinski definition) is 1. The number of cyclic esters (lactones) is 1. The van der Waals surface area contributed by atoms with Gasteiger partial charge in [-0.3, -0.25) is 4.79 Å². The lowest BCUT2D eigenvalue weighted by Crippen LogP contribution is -2.40. The van der Waals surface area contributed by atoms with Crippen molar-refractivity contribution in [3.8, 4) is 0 Å². The molecule has 19 heavy (non-hydrogen) atoms. The van der Waals surface area contributed by atoms with E-state index in [-0.39, 0.29) is 0 Å². The molecule has 1 heterocycles. The Kier molecular flexibility index (Phi) is 4.63. The number of halogens is 1. The van der Waals surface area contributed by atoms with E-state index in [4.69, 9.17) is 21.9 Å². The first-order valence-electron chi connectivity index (χ1n) is 5.92. The van der Waals surface area contributed by atoms with Crippen LogP contribution in [0.25, 0.3) is 10.4 Å². The Balaban J connectivity index is 2.32. The fraction of sp³-hybridized carbons (Fsp3) is 0.417. The molecule has 2 rings (SSSR count). The number of ether oxygens (including phenoxy) is 1. The smallest absolute Gasteiger partial charge is 0.316 e. The van der Waals surface area contributed by atoms with Gasteiger partial charge >= 0.3 is 5.97 Å². The molecule has 0 saturated carbocycles. The minimum absolute atomic E-state index is 0.330. The maximum Gasteiger partial charge on any atom is 0.316 e. The molecule has 0 aromatic heterocycles. The molecule has 0 spiro atoms. The van der Waals surface area contributed by atoms with Crippen LogP contribution >= 0.6 is 11.6 Å². The Hall–Kier alpha value is -1.75. The van der Waals surface area contributed by atoms with E-state index in [1.54, 1.807) is 24.3 Å². The number of hydrogen-bond acceptors (Lipinski definition) is 4. The molecule has 0 amide bonds. The van der Waals surface area contributed by atoms with Crippen molar-refractivity contribution in [2.75, 3.05) is 13.2 Å². The van der Waals surface area contributed by atoms with Gasteiger partial charge in [0.1, 0.15) is 0 Å². The number of esters is 1. The highest BCUT2D eigenvalue weighted by Gasteiger charge is 2.31. The van der Waals surface area contributed by atoms with E-state index in [9.17, 15) is 4.79 Å². The largest absolute Gasteiger partial charge is 0.465 e. The van der Waals surface area contributed by atoms with Gasteiger partial charge in [0.05, 0.1) is 12.6 Å². The molecule has 100 valence electrons. The Labute approximate surface area is 115 Å². The van der Waals surface area contributed by atoms with Crippen molar-refractivity contribution < 1.29 is 9.53 Å². The van der Waals surface area contributed by atoms with Crippen LogP contribution in [0.15, 0.2) is 29.4 Å². The molecule has 6 nitrogen and oxygen atoms in total. The topological polar surface area (TPSA) is 87.1 Å². The lowest BCUT2D eigenvalue weighted by atomic mass is 9.99. The maximum absolute atomic E-state index is 11.9. The van der Waals surface area contributed by atoms with Crippen molar-refractivity contribution in [1.82, 2.24) is 5.32 Å². The van der Waals surface area contributed by atoms with Crippen LogP contribution in [0.1, 0.15) is 18.0 Å². The van der Waals surface area contributed by atoms with E-state index < -0.39 is 18.1 Å². The number of benzene rings is 1. The number of azide groups is 1. The van der Waals surface area contributed by atoms with Crippen molar-refractivity contribution in [3.63, 3.8) is 0 Å². The summed E-state index contributed by atoms with van der Waals surface area (Å²) < 4.78 is 5.05. The number of nitrogens with zero attached hydrogens (tertiary/aromatic N) is 3. The van der Waals surface area contributed by atoms with Gasteiger partial charge in [0.25, 0.3) is 0 Å². The summed E-state index contributed by atoms with van der Waals surface area (Å²) in [7, 11) is 0. The van der Waals surface area contributed by atoms with Crippen molar-refractivity contribution >= 4 is 17.6 Å². The van der Waals surface area contributed by atoms with Crippen molar-refractivity contribution in [2.24, 2.45) is 5.11 Å². The molecule has 7 heteroatoms. The molecule has 1 aromatic carbocycles. The quantitative estimate of drug-likeness (QED) is 0.391. The highest BCUT2D eigenvalue weighted by Crippen LogP contribution is 2.23. The molecular formula is C12H13ClN4O2. The van der Waals surface area contributed by atoms with Gasteiger partial charge in [-0.05, 0) is 36.2 Å². The van der Waals surface area contributed by atoms with E-state index in [1.807, 2.05) is 0 Å². The Morgan fingerprint density at radius 1 is 1.42 bits per heavy atom. The summed E-state index contributed by atoms with van der Waals surface area (Å²) in [6.07, 6.45) is 0.721. The molecule has 1 saturated heterocycles. The van der Waals surface area contributed by atoms with Gasteiger partial charge in [0.15, 0.2) is 6.04 Å². The van der Waals surface area contributed by atoms with Gasteiger partial charge < -0.3 is 10.1 Å². The molecule has 0 bridgehead atoms. The average molecular weight is 281 g/mol. The molecule has 1 aliphatic rings. The third-order valence-electron chi connectivity index (χ3n) is 2.89. The summed E-state index contributed by atoms with van der Waals surface area (Å²) in [5.74, 6) is -0.509. The third-order valence-corrected chi connectivity index (χ3v) is 3.14. The van der Waals surface area contributed by atoms with Gasteiger partial charge in [-0.1, -0.05) is 28.8 Å². The van der Waals surface area contributed by atoms with Gasteiger partial charge in [0.2, 0.25) is 0 Å². The Morgan fingerprint density at radius 3 is 2.84 bits per heavy atom.